The standard InChI is InChI=1S/C28H26N2O6/c1-16(10-27(31)30-18-7-5-6-17(11-18)28(29)32)20-13-22-23(15-36-26(22)14-25(20)35-4)21-12-19(33-2)8-9-24(21)34-3/h5-15H,1-4H3,(H2,29,32)(H,30,31)/b16-10+. The molecule has 4 aromatic rings. The van der Waals surface area contributed by atoms with Crippen LogP contribution in [0.3, 0.4) is 0 Å². The summed E-state index contributed by atoms with van der Waals surface area (Å²) in [7, 11) is 4.76. The van der Waals surface area contributed by atoms with Crippen LogP contribution in [-0.4, -0.2) is 33.1 Å². The van der Waals surface area contributed by atoms with E-state index in [2.05, 4.69) is 5.32 Å². The molecular weight excluding hydrogens is 460 g/mol. The molecule has 0 atom stereocenters. The quantitative estimate of drug-likeness (QED) is 0.328. The normalized spacial score (nSPS) is 11.3. The third kappa shape index (κ3) is 4.88. The van der Waals surface area contributed by atoms with Gasteiger partial charge in [0, 0.05) is 45.5 Å². The van der Waals surface area contributed by atoms with Crippen molar-refractivity contribution in [3.05, 3.63) is 78.1 Å². The first-order valence-electron chi connectivity index (χ1n) is 11.1. The van der Waals surface area contributed by atoms with Crippen molar-refractivity contribution in [1.82, 2.24) is 0 Å². The largest absolute Gasteiger partial charge is 0.497 e. The highest BCUT2D eigenvalue weighted by molar-refractivity contribution is 6.06. The Morgan fingerprint density at radius 1 is 0.917 bits per heavy atom. The molecule has 8 heteroatoms. The van der Waals surface area contributed by atoms with Crippen molar-refractivity contribution in [2.75, 3.05) is 26.6 Å². The molecule has 3 N–H and O–H groups in total. The second-order valence-electron chi connectivity index (χ2n) is 8.03. The van der Waals surface area contributed by atoms with Gasteiger partial charge in [-0.2, -0.15) is 0 Å². The van der Waals surface area contributed by atoms with Crippen LogP contribution in [0.2, 0.25) is 0 Å². The van der Waals surface area contributed by atoms with Crippen LogP contribution in [0.5, 0.6) is 17.2 Å². The number of fused-ring (bicyclic) bond motifs is 1. The summed E-state index contributed by atoms with van der Waals surface area (Å²) in [6.45, 7) is 1.81. The van der Waals surface area contributed by atoms with Gasteiger partial charge >= 0.3 is 0 Å². The monoisotopic (exact) mass is 486 g/mol. The van der Waals surface area contributed by atoms with Gasteiger partial charge in [0.1, 0.15) is 22.8 Å². The van der Waals surface area contributed by atoms with Crippen LogP contribution in [0, 0.1) is 0 Å². The minimum atomic E-state index is -0.570. The maximum Gasteiger partial charge on any atom is 0.248 e. The Morgan fingerprint density at radius 2 is 1.69 bits per heavy atom. The lowest BCUT2D eigenvalue weighted by Crippen LogP contribution is -2.13. The first-order valence-corrected chi connectivity index (χ1v) is 11.1. The topological polar surface area (TPSA) is 113 Å². The van der Waals surface area contributed by atoms with E-state index in [1.165, 1.54) is 12.1 Å². The lowest BCUT2D eigenvalue weighted by molar-refractivity contribution is -0.111. The van der Waals surface area contributed by atoms with Gasteiger partial charge in [0.15, 0.2) is 0 Å². The number of benzene rings is 3. The fraction of sp³-hybridized carbons (Fsp3) is 0.143. The van der Waals surface area contributed by atoms with Gasteiger partial charge in [-0.1, -0.05) is 6.07 Å². The number of methoxy groups -OCH3 is 3. The molecule has 0 saturated heterocycles. The molecule has 3 aromatic carbocycles. The number of anilines is 1. The molecule has 0 aliphatic rings. The maximum absolute atomic E-state index is 12.7. The summed E-state index contributed by atoms with van der Waals surface area (Å²) in [5.74, 6) is 0.971. The molecule has 8 nitrogen and oxygen atoms in total. The Morgan fingerprint density at radius 3 is 2.39 bits per heavy atom. The number of amides is 2. The molecule has 0 aliphatic heterocycles. The van der Waals surface area contributed by atoms with Crippen molar-refractivity contribution in [2.24, 2.45) is 5.73 Å². The number of primary amides is 1. The number of allylic oxidation sites excluding steroid dienone is 1. The lowest BCUT2D eigenvalue weighted by atomic mass is 9.98. The Hall–Kier alpha value is -4.72. The van der Waals surface area contributed by atoms with E-state index >= 15 is 0 Å². The van der Waals surface area contributed by atoms with Crippen molar-refractivity contribution in [1.29, 1.82) is 0 Å². The van der Waals surface area contributed by atoms with Gasteiger partial charge < -0.3 is 29.7 Å². The third-order valence-electron chi connectivity index (χ3n) is 5.78. The molecule has 0 aliphatic carbocycles. The van der Waals surface area contributed by atoms with E-state index in [1.54, 1.807) is 51.9 Å². The predicted molar refractivity (Wildman–Crippen MR) is 139 cm³/mol. The maximum atomic E-state index is 12.7. The zero-order valence-electron chi connectivity index (χ0n) is 20.4. The molecule has 0 fully saturated rings. The van der Waals surface area contributed by atoms with Crippen molar-refractivity contribution >= 4 is 34.0 Å². The second-order valence-corrected chi connectivity index (χ2v) is 8.03. The van der Waals surface area contributed by atoms with Crippen LogP contribution in [0.15, 0.2) is 71.4 Å². The summed E-state index contributed by atoms with van der Waals surface area (Å²) in [6, 6.07) is 15.7. The van der Waals surface area contributed by atoms with Crippen LogP contribution < -0.4 is 25.3 Å². The SMILES string of the molecule is COc1ccc(OC)c(-c2coc3cc(OC)c(/C(C)=C/C(=O)Nc4cccc(C(N)=O)c4)cc23)c1. The number of carbonyl (C=O) groups excluding carboxylic acids is 2. The molecule has 4 rings (SSSR count). The number of nitrogens with one attached hydrogen (secondary N) is 1. The van der Waals surface area contributed by atoms with Gasteiger partial charge in [-0.05, 0) is 55.0 Å². The third-order valence-corrected chi connectivity index (χ3v) is 5.78. The molecule has 0 bridgehead atoms. The van der Waals surface area contributed by atoms with E-state index in [1.807, 2.05) is 31.2 Å². The van der Waals surface area contributed by atoms with Gasteiger partial charge in [-0.15, -0.1) is 0 Å². The van der Waals surface area contributed by atoms with Gasteiger partial charge in [0.25, 0.3) is 0 Å². The fourth-order valence-corrected chi connectivity index (χ4v) is 3.97. The van der Waals surface area contributed by atoms with Gasteiger partial charge in [0.2, 0.25) is 11.8 Å². The number of ether oxygens (including phenoxy) is 3. The number of nitrogens with two attached hydrogens (primary N) is 1. The summed E-state index contributed by atoms with van der Waals surface area (Å²) in [5, 5.41) is 3.58. The molecule has 184 valence electrons. The first kappa shape index (κ1) is 24.4. The average molecular weight is 487 g/mol. The second kappa shape index (κ2) is 10.3. The molecule has 1 aromatic heterocycles. The van der Waals surface area contributed by atoms with E-state index in [0.717, 1.165) is 22.1 Å². The number of hydrogen-bond acceptors (Lipinski definition) is 6. The summed E-state index contributed by atoms with van der Waals surface area (Å²) < 4.78 is 22.4. The summed E-state index contributed by atoms with van der Waals surface area (Å²) in [5.41, 5.74) is 9.72. The van der Waals surface area contributed by atoms with Gasteiger partial charge in [-0.3, -0.25) is 9.59 Å². The zero-order chi connectivity index (χ0) is 25.8. The highest BCUT2D eigenvalue weighted by atomic mass is 16.5. The number of rotatable bonds is 8. The van der Waals surface area contributed by atoms with Crippen LogP contribution in [0.25, 0.3) is 27.7 Å². The number of carbonyl (C=O) groups is 2. The van der Waals surface area contributed by atoms with Crippen molar-refractivity contribution in [2.45, 2.75) is 6.92 Å². The minimum Gasteiger partial charge on any atom is -0.497 e. The smallest absolute Gasteiger partial charge is 0.248 e. The molecule has 2 amide bonds. The van der Waals surface area contributed by atoms with E-state index in [9.17, 15) is 9.59 Å². The Bertz CT molecular complexity index is 1480. The fourth-order valence-electron chi connectivity index (χ4n) is 3.97. The lowest BCUT2D eigenvalue weighted by Gasteiger charge is -2.12. The highest BCUT2D eigenvalue weighted by Gasteiger charge is 2.18. The Labute approximate surface area is 208 Å². The molecular formula is C28H26N2O6. The number of hydrogen-bond donors (Lipinski definition) is 2. The summed E-state index contributed by atoms with van der Waals surface area (Å²) in [4.78, 5) is 24.2. The first-order chi connectivity index (χ1) is 17.3. The molecule has 0 unspecified atom stereocenters. The van der Waals surface area contributed by atoms with E-state index in [4.69, 9.17) is 24.4 Å². The van der Waals surface area contributed by atoms with Crippen LogP contribution in [-0.2, 0) is 4.79 Å². The Kier molecular flexibility index (Phi) is 6.96. The van der Waals surface area contributed by atoms with Crippen molar-refractivity contribution in [3.8, 4) is 28.4 Å². The van der Waals surface area contributed by atoms with Crippen molar-refractivity contribution in [3.63, 3.8) is 0 Å². The molecule has 0 spiro atoms. The average Bonchev–Trinajstić information content (AvgIpc) is 3.30. The molecule has 0 radical (unpaired) electrons. The highest BCUT2D eigenvalue weighted by Crippen LogP contribution is 2.41. The Balaban J connectivity index is 1.73. The minimum absolute atomic E-state index is 0.307. The van der Waals surface area contributed by atoms with E-state index in [-0.39, 0.29) is 5.91 Å². The van der Waals surface area contributed by atoms with Crippen LogP contribution in [0.4, 0.5) is 5.69 Å². The molecule has 1 heterocycles. The van der Waals surface area contributed by atoms with E-state index < -0.39 is 5.91 Å². The predicted octanol–water partition coefficient (Wildman–Crippen LogP) is 5.27. The van der Waals surface area contributed by atoms with Crippen LogP contribution in [0.1, 0.15) is 22.8 Å². The summed E-state index contributed by atoms with van der Waals surface area (Å²) >= 11 is 0. The van der Waals surface area contributed by atoms with Gasteiger partial charge in [-0.25, -0.2) is 0 Å². The molecule has 0 saturated carbocycles. The van der Waals surface area contributed by atoms with Gasteiger partial charge in [0.05, 0.1) is 27.6 Å². The van der Waals surface area contributed by atoms with Crippen molar-refractivity contribution < 1.29 is 28.2 Å². The number of furan rings is 1. The summed E-state index contributed by atoms with van der Waals surface area (Å²) in [6.07, 6.45) is 3.12. The van der Waals surface area contributed by atoms with E-state index in [0.29, 0.717) is 39.7 Å². The molecule has 36 heavy (non-hydrogen) atoms. The zero-order valence-corrected chi connectivity index (χ0v) is 20.4. The van der Waals surface area contributed by atoms with Crippen LogP contribution >= 0.6 is 0 Å².